The van der Waals surface area contributed by atoms with Crippen LogP contribution in [0.1, 0.15) is 26.7 Å². The summed E-state index contributed by atoms with van der Waals surface area (Å²) in [6.45, 7) is 4.00. The van der Waals surface area contributed by atoms with Crippen LogP contribution in [0.25, 0.3) is 0 Å². The summed E-state index contributed by atoms with van der Waals surface area (Å²) < 4.78 is 0. The Morgan fingerprint density at radius 1 is 1.50 bits per heavy atom. The van der Waals surface area contributed by atoms with E-state index in [2.05, 4.69) is 0 Å². The summed E-state index contributed by atoms with van der Waals surface area (Å²) in [5, 5.41) is -0.157. The summed E-state index contributed by atoms with van der Waals surface area (Å²) in [6.07, 6.45) is 2.03. The molecule has 1 aliphatic carbocycles. The molecule has 0 amide bonds. The molecule has 48 valence electrons. The molecule has 0 aromatic heterocycles. The van der Waals surface area contributed by atoms with Crippen molar-refractivity contribution < 1.29 is 4.79 Å². The molecule has 0 spiro atoms. The Morgan fingerprint density at radius 3 is 1.88 bits per heavy atom. The quantitative estimate of drug-likeness (QED) is 0.503. The zero-order chi connectivity index (χ0) is 6.57. The molecule has 0 heterocycles. The molecule has 1 saturated carbocycles. The largest absolute Gasteiger partial charge is 0.281 e. The summed E-state index contributed by atoms with van der Waals surface area (Å²) in [4.78, 5) is 9.97. The van der Waals surface area contributed by atoms with Gasteiger partial charge in [0, 0.05) is 5.92 Å². The third kappa shape index (κ3) is 3.03. The van der Waals surface area contributed by atoms with Crippen LogP contribution in [0, 0.1) is 5.92 Å². The Morgan fingerprint density at radius 2 is 1.88 bits per heavy atom. The average Bonchev–Trinajstić information content (AvgIpc) is 2.50. The van der Waals surface area contributed by atoms with Gasteiger partial charge >= 0.3 is 0 Å². The maximum absolute atomic E-state index is 9.97. The van der Waals surface area contributed by atoms with Crippen molar-refractivity contribution in [3.63, 3.8) is 0 Å². The molecule has 2 heteroatoms. The minimum Gasteiger partial charge on any atom is -0.281 e. The van der Waals surface area contributed by atoms with E-state index in [0.29, 0.717) is 0 Å². The van der Waals surface area contributed by atoms with Crippen molar-refractivity contribution in [3.8, 4) is 0 Å². The number of rotatable bonds is 1. The predicted octanol–water partition coefficient (Wildman–Crippen LogP) is 2.19. The zero-order valence-corrected chi connectivity index (χ0v) is 6.03. The van der Waals surface area contributed by atoms with Gasteiger partial charge in [-0.2, -0.15) is 0 Å². The lowest BCUT2D eigenvalue weighted by Gasteiger charge is -1.72. The number of halogens is 1. The van der Waals surface area contributed by atoms with Crippen LogP contribution in [0.15, 0.2) is 0 Å². The molecule has 0 radical (unpaired) electrons. The molecule has 0 aromatic rings. The molecule has 1 nitrogen and oxygen atoms in total. The number of hydrogen-bond acceptors (Lipinski definition) is 1. The molecule has 0 saturated heterocycles. The molecule has 1 aliphatic rings. The Hall–Kier alpha value is -0.0400. The maximum Gasteiger partial charge on any atom is 0.224 e. The molecule has 0 atom stereocenters. The Labute approximate surface area is 55.0 Å². The van der Waals surface area contributed by atoms with E-state index in [1.54, 1.807) is 0 Å². The average molecular weight is 135 g/mol. The van der Waals surface area contributed by atoms with Crippen LogP contribution in [0.2, 0.25) is 0 Å². The van der Waals surface area contributed by atoms with Gasteiger partial charge in [0.2, 0.25) is 5.24 Å². The fourth-order valence-electron chi connectivity index (χ4n) is 0.310. The molecule has 0 unspecified atom stereocenters. The number of carbonyl (C=O) groups excluding carboxylic acids is 1. The van der Waals surface area contributed by atoms with Gasteiger partial charge in [-0.3, -0.25) is 4.79 Å². The van der Waals surface area contributed by atoms with Crippen LogP contribution in [0.3, 0.4) is 0 Å². The van der Waals surface area contributed by atoms with Gasteiger partial charge in [0.05, 0.1) is 0 Å². The lowest BCUT2D eigenvalue weighted by atomic mass is 10.5. The molecule has 1 rings (SSSR count). The van der Waals surface area contributed by atoms with E-state index in [9.17, 15) is 4.79 Å². The normalized spacial score (nSPS) is 16.4. The van der Waals surface area contributed by atoms with E-state index in [4.69, 9.17) is 11.6 Å². The summed E-state index contributed by atoms with van der Waals surface area (Å²) >= 11 is 5.04. The van der Waals surface area contributed by atoms with Crippen LogP contribution < -0.4 is 0 Å². The third-order valence-corrected chi connectivity index (χ3v) is 1.21. The Balaban J connectivity index is 0.000000222. The molecule has 0 bridgehead atoms. The smallest absolute Gasteiger partial charge is 0.224 e. The van der Waals surface area contributed by atoms with Crippen molar-refractivity contribution in [1.29, 1.82) is 0 Å². The van der Waals surface area contributed by atoms with Gasteiger partial charge in [0.15, 0.2) is 0 Å². The van der Waals surface area contributed by atoms with Gasteiger partial charge in [-0.25, -0.2) is 0 Å². The topological polar surface area (TPSA) is 17.1 Å². The minimum atomic E-state index is -0.157. The molecule has 8 heavy (non-hydrogen) atoms. The first kappa shape index (κ1) is 7.96. The van der Waals surface area contributed by atoms with Crippen molar-refractivity contribution in [2.24, 2.45) is 5.92 Å². The second-order valence-electron chi connectivity index (χ2n) is 1.58. The van der Waals surface area contributed by atoms with Crippen LogP contribution >= 0.6 is 11.6 Å². The first-order valence-corrected chi connectivity index (χ1v) is 3.38. The van der Waals surface area contributed by atoms with E-state index in [0.717, 1.165) is 12.8 Å². The minimum absolute atomic E-state index is 0.157. The molecule has 1 fully saturated rings. The number of carbonyl (C=O) groups is 1. The molecule has 0 aromatic carbocycles. The standard InChI is InChI=1S/C4H5ClO.C2H6/c5-4(6)3-1-2-3;1-2/h3H,1-2H2;1-2H3. The van der Waals surface area contributed by atoms with E-state index in [1.807, 2.05) is 13.8 Å². The van der Waals surface area contributed by atoms with Crippen LogP contribution in [-0.4, -0.2) is 5.24 Å². The molecule has 0 aliphatic heterocycles. The zero-order valence-electron chi connectivity index (χ0n) is 5.28. The van der Waals surface area contributed by atoms with Gasteiger partial charge in [0.25, 0.3) is 0 Å². The highest BCUT2D eigenvalue weighted by molar-refractivity contribution is 6.64. The Bertz CT molecular complexity index is 76.6. The van der Waals surface area contributed by atoms with Gasteiger partial charge in [-0.05, 0) is 24.4 Å². The van der Waals surface area contributed by atoms with Gasteiger partial charge in [-0.1, -0.05) is 13.8 Å². The second-order valence-corrected chi connectivity index (χ2v) is 1.95. The van der Waals surface area contributed by atoms with Crippen molar-refractivity contribution >= 4 is 16.8 Å². The van der Waals surface area contributed by atoms with Gasteiger partial charge in [0.1, 0.15) is 0 Å². The summed E-state index contributed by atoms with van der Waals surface area (Å²) in [6, 6.07) is 0. The fourth-order valence-corrected chi connectivity index (χ4v) is 0.529. The van der Waals surface area contributed by atoms with E-state index < -0.39 is 0 Å². The molecular weight excluding hydrogens is 124 g/mol. The first-order valence-electron chi connectivity index (χ1n) is 3.00. The maximum atomic E-state index is 9.97. The van der Waals surface area contributed by atoms with Crippen LogP contribution in [-0.2, 0) is 4.79 Å². The van der Waals surface area contributed by atoms with Gasteiger partial charge < -0.3 is 0 Å². The SMILES string of the molecule is CC.O=C(Cl)C1CC1. The molecule has 0 N–H and O–H groups in total. The van der Waals surface area contributed by atoms with Crippen molar-refractivity contribution in [1.82, 2.24) is 0 Å². The second kappa shape index (κ2) is 3.90. The van der Waals surface area contributed by atoms with Crippen molar-refractivity contribution in [2.75, 3.05) is 0 Å². The lowest BCUT2D eigenvalue weighted by Crippen LogP contribution is -1.83. The highest BCUT2D eigenvalue weighted by atomic mass is 35.5. The highest BCUT2D eigenvalue weighted by Crippen LogP contribution is 2.30. The fraction of sp³-hybridized carbons (Fsp3) is 0.833. The Kier molecular flexibility index (Phi) is 3.88. The summed E-state index contributed by atoms with van der Waals surface area (Å²) in [7, 11) is 0. The predicted molar refractivity (Wildman–Crippen MR) is 34.9 cm³/mol. The van der Waals surface area contributed by atoms with Gasteiger partial charge in [-0.15, -0.1) is 0 Å². The van der Waals surface area contributed by atoms with Crippen molar-refractivity contribution in [2.45, 2.75) is 26.7 Å². The van der Waals surface area contributed by atoms with Crippen LogP contribution in [0.5, 0.6) is 0 Å². The summed E-state index contributed by atoms with van der Waals surface area (Å²) in [5.74, 6) is 0.228. The summed E-state index contributed by atoms with van der Waals surface area (Å²) in [5.41, 5.74) is 0. The van der Waals surface area contributed by atoms with E-state index in [-0.39, 0.29) is 11.2 Å². The van der Waals surface area contributed by atoms with Crippen LogP contribution in [0.4, 0.5) is 0 Å². The van der Waals surface area contributed by atoms with Crippen molar-refractivity contribution in [3.05, 3.63) is 0 Å². The lowest BCUT2D eigenvalue weighted by molar-refractivity contribution is -0.112. The van der Waals surface area contributed by atoms with E-state index >= 15 is 0 Å². The highest BCUT2D eigenvalue weighted by Gasteiger charge is 2.27. The molecular formula is C6H11ClO. The third-order valence-electron chi connectivity index (χ3n) is 0.898. The van der Waals surface area contributed by atoms with E-state index in [1.165, 1.54) is 0 Å². The number of hydrogen-bond donors (Lipinski definition) is 0. The monoisotopic (exact) mass is 134 g/mol. The first-order chi connectivity index (χ1) is 3.80.